The summed E-state index contributed by atoms with van der Waals surface area (Å²) in [6.07, 6.45) is -0.0387. The fraction of sp³-hybridized carbons (Fsp3) is 0.400. The molecule has 0 aromatic heterocycles. The SMILES string of the molecule is COC1(OC)CC(O)(O)C(C(=O)c2ccccc2)C=C1S(=O)(=O)O.[H-].[Na+]. The maximum Gasteiger partial charge on any atom is 1.00 e. The number of carbonyl (C=O) groups is 1. The molecule has 0 radical (unpaired) electrons. The predicted octanol–water partition coefficient (Wildman–Crippen LogP) is -2.55. The Morgan fingerprint density at radius 2 is 1.72 bits per heavy atom. The Bertz CT molecular complexity index is 759. The van der Waals surface area contributed by atoms with E-state index in [1.165, 1.54) is 12.1 Å². The van der Waals surface area contributed by atoms with Crippen molar-refractivity contribution in [3.63, 3.8) is 0 Å². The normalized spacial score (nSPS) is 21.8. The molecule has 25 heavy (non-hydrogen) atoms. The molecule has 1 aromatic rings. The van der Waals surface area contributed by atoms with Crippen molar-refractivity contribution in [2.75, 3.05) is 14.2 Å². The molecular weight excluding hydrogens is 363 g/mol. The van der Waals surface area contributed by atoms with Gasteiger partial charge in [-0.05, 0) is 6.08 Å². The van der Waals surface area contributed by atoms with E-state index in [1.807, 2.05) is 0 Å². The molecule has 0 bridgehead atoms. The van der Waals surface area contributed by atoms with E-state index >= 15 is 0 Å². The van der Waals surface area contributed by atoms with E-state index in [0.29, 0.717) is 0 Å². The molecule has 1 aromatic carbocycles. The Kier molecular flexibility index (Phi) is 7.13. The Labute approximate surface area is 169 Å². The van der Waals surface area contributed by atoms with Crippen LogP contribution < -0.4 is 29.6 Å². The third kappa shape index (κ3) is 4.38. The van der Waals surface area contributed by atoms with Crippen LogP contribution in [0.4, 0.5) is 0 Å². The number of carbonyl (C=O) groups excluding carboxylic acids is 1. The number of hydrogen-bond acceptors (Lipinski definition) is 7. The first-order chi connectivity index (χ1) is 11.1. The van der Waals surface area contributed by atoms with E-state index in [2.05, 4.69) is 0 Å². The van der Waals surface area contributed by atoms with Crippen LogP contribution in [0.25, 0.3) is 0 Å². The standard InChI is InChI=1S/C15H18O8S.Na.H/c1-22-15(23-2)9-14(17,18)11(8-12(15)24(19,20)21)13(16)10-6-4-3-5-7-10;;/h3-8,11,17-18H,9H2,1-2H3,(H,19,20,21);;/q;+1;-1. The zero-order chi connectivity index (χ0) is 18.2. The number of aliphatic hydroxyl groups is 2. The molecule has 0 saturated heterocycles. The largest absolute Gasteiger partial charge is 1.00 e. The van der Waals surface area contributed by atoms with Gasteiger partial charge in [-0.2, -0.15) is 8.42 Å². The minimum Gasteiger partial charge on any atom is -1.00 e. The molecule has 0 spiro atoms. The van der Waals surface area contributed by atoms with Crippen LogP contribution >= 0.6 is 0 Å². The Balaban J connectivity index is 0.00000312. The van der Waals surface area contributed by atoms with Crippen LogP contribution in [0.3, 0.4) is 0 Å². The van der Waals surface area contributed by atoms with Crippen molar-refractivity contribution in [2.24, 2.45) is 5.92 Å². The van der Waals surface area contributed by atoms with Crippen LogP contribution in [0.2, 0.25) is 0 Å². The second-order valence-electron chi connectivity index (χ2n) is 5.43. The second-order valence-corrected chi connectivity index (χ2v) is 6.82. The predicted molar refractivity (Wildman–Crippen MR) is 83.5 cm³/mol. The van der Waals surface area contributed by atoms with Gasteiger partial charge in [0.2, 0.25) is 5.79 Å². The van der Waals surface area contributed by atoms with Crippen molar-refractivity contribution in [3.05, 3.63) is 46.9 Å². The van der Waals surface area contributed by atoms with Crippen LogP contribution in [0.5, 0.6) is 0 Å². The van der Waals surface area contributed by atoms with E-state index in [4.69, 9.17) is 9.47 Å². The van der Waals surface area contributed by atoms with Gasteiger partial charge in [0.15, 0.2) is 11.6 Å². The van der Waals surface area contributed by atoms with Crippen molar-refractivity contribution in [3.8, 4) is 0 Å². The Morgan fingerprint density at radius 3 is 2.16 bits per heavy atom. The van der Waals surface area contributed by atoms with Crippen LogP contribution in [-0.2, 0) is 19.6 Å². The minimum atomic E-state index is -4.82. The maximum absolute atomic E-state index is 12.6. The molecule has 10 heteroatoms. The van der Waals surface area contributed by atoms with Gasteiger partial charge in [-0.3, -0.25) is 9.35 Å². The molecular formula is C15H19NaO8S. The van der Waals surface area contributed by atoms with Crippen molar-refractivity contribution in [2.45, 2.75) is 18.0 Å². The van der Waals surface area contributed by atoms with Gasteiger partial charge in [-0.1, -0.05) is 30.3 Å². The first-order valence-corrected chi connectivity index (χ1v) is 8.35. The summed E-state index contributed by atoms with van der Waals surface area (Å²) in [5, 5.41) is 20.6. The molecule has 134 valence electrons. The van der Waals surface area contributed by atoms with Gasteiger partial charge in [0, 0.05) is 19.8 Å². The fourth-order valence-corrected chi connectivity index (χ4v) is 3.67. The van der Waals surface area contributed by atoms with E-state index in [1.54, 1.807) is 18.2 Å². The number of hydrogen-bond donors (Lipinski definition) is 3. The van der Waals surface area contributed by atoms with Gasteiger partial charge in [0.05, 0.1) is 12.3 Å². The second kappa shape index (κ2) is 7.95. The molecule has 2 rings (SSSR count). The molecule has 0 fully saturated rings. The Hall–Kier alpha value is -0.620. The average molecular weight is 382 g/mol. The van der Waals surface area contributed by atoms with Crippen molar-refractivity contribution >= 4 is 15.9 Å². The smallest absolute Gasteiger partial charge is 1.00 e. The quantitative estimate of drug-likeness (QED) is 0.220. The number of methoxy groups -OCH3 is 2. The minimum absolute atomic E-state index is 0. The van der Waals surface area contributed by atoms with Crippen LogP contribution in [0, 0.1) is 5.92 Å². The number of rotatable bonds is 5. The molecule has 1 aliphatic carbocycles. The van der Waals surface area contributed by atoms with Crippen molar-refractivity contribution < 1.29 is 68.4 Å². The summed E-state index contributed by atoms with van der Waals surface area (Å²) in [6, 6.07) is 7.73. The summed E-state index contributed by atoms with van der Waals surface area (Å²) in [5.74, 6) is -7.12. The van der Waals surface area contributed by atoms with Gasteiger partial charge >= 0.3 is 29.6 Å². The van der Waals surface area contributed by atoms with E-state index < -0.39 is 44.7 Å². The molecule has 0 heterocycles. The van der Waals surface area contributed by atoms with Crippen molar-refractivity contribution in [1.82, 2.24) is 0 Å². The van der Waals surface area contributed by atoms with Gasteiger partial charge in [0.1, 0.15) is 4.91 Å². The maximum atomic E-state index is 12.6. The molecule has 0 aliphatic heterocycles. The van der Waals surface area contributed by atoms with Gasteiger partial charge in [0.25, 0.3) is 10.1 Å². The van der Waals surface area contributed by atoms with Gasteiger partial charge in [-0.15, -0.1) is 0 Å². The average Bonchev–Trinajstić information content (AvgIpc) is 2.52. The zero-order valence-corrected chi connectivity index (χ0v) is 16.9. The first kappa shape index (κ1) is 22.4. The van der Waals surface area contributed by atoms with Crippen LogP contribution in [-0.4, -0.2) is 54.8 Å². The van der Waals surface area contributed by atoms with E-state index in [0.717, 1.165) is 20.3 Å². The van der Waals surface area contributed by atoms with Gasteiger partial charge < -0.3 is 21.1 Å². The van der Waals surface area contributed by atoms with Crippen LogP contribution in [0.15, 0.2) is 41.3 Å². The number of benzene rings is 1. The molecule has 1 aliphatic rings. The molecule has 3 N–H and O–H groups in total. The molecule has 1 unspecified atom stereocenters. The third-order valence-corrected chi connectivity index (χ3v) is 4.97. The molecule has 0 amide bonds. The Morgan fingerprint density at radius 1 is 1.20 bits per heavy atom. The monoisotopic (exact) mass is 382 g/mol. The third-order valence-electron chi connectivity index (χ3n) is 3.96. The first-order valence-electron chi connectivity index (χ1n) is 6.91. The molecule has 0 saturated carbocycles. The number of ketones is 1. The van der Waals surface area contributed by atoms with Crippen LogP contribution in [0.1, 0.15) is 18.2 Å². The van der Waals surface area contributed by atoms with Crippen molar-refractivity contribution in [1.29, 1.82) is 0 Å². The summed E-state index contributed by atoms with van der Waals surface area (Å²) >= 11 is 0. The summed E-state index contributed by atoms with van der Waals surface area (Å²) in [5.41, 5.74) is 0.156. The zero-order valence-electron chi connectivity index (χ0n) is 15.0. The molecule has 1 atom stereocenters. The van der Waals surface area contributed by atoms with Gasteiger partial charge in [-0.25, -0.2) is 0 Å². The fourth-order valence-electron chi connectivity index (χ4n) is 2.73. The number of ether oxygens (including phenoxy) is 2. The summed E-state index contributed by atoms with van der Waals surface area (Å²) in [4.78, 5) is 11.8. The van der Waals surface area contributed by atoms with E-state index in [9.17, 15) is 28.0 Å². The topological polar surface area (TPSA) is 130 Å². The molecule has 8 nitrogen and oxygen atoms in total. The number of Topliss-reactive ketones (excluding diaryl/α,β-unsaturated/α-hetero) is 1. The summed E-state index contributed by atoms with van der Waals surface area (Å²) < 4.78 is 42.8. The summed E-state index contributed by atoms with van der Waals surface area (Å²) in [7, 11) is -2.66. The van der Waals surface area contributed by atoms with E-state index in [-0.39, 0.29) is 36.5 Å². The summed E-state index contributed by atoms with van der Waals surface area (Å²) in [6.45, 7) is 0.